The highest BCUT2D eigenvalue weighted by Gasteiger charge is 1.98. The van der Waals surface area contributed by atoms with E-state index in [1.807, 2.05) is 6.92 Å². The molecule has 2 aromatic rings. The van der Waals surface area contributed by atoms with Crippen LogP contribution in [-0.2, 0) is 13.0 Å². The molecule has 0 unspecified atom stereocenters. The first-order valence-electron chi connectivity index (χ1n) is 5.60. The number of aromatic nitrogens is 1. The largest absolute Gasteiger partial charge is 0.312 e. The van der Waals surface area contributed by atoms with Gasteiger partial charge in [0.1, 0.15) is 0 Å². The average molecular weight is 358 g/mol. The summed E-state index contributed by atoms with van der Waals surface area (Å²) >= 11 is 4.04. The lowest BCUT2D eigenvalue weighted by Gasteiger charge is -2.03. The molecule has 1 heterocycles. The third kappa shape index (κ3) is 4.37. The second-order valence-corrected chi connectivity index (χ2v) is 6.22. The topological polar surface area (TPSA) is 24.9 Å². The SMILES string of the molecule is Cc1nc(CCNCc2ccc(I)cc2)cs1. The maximum absolute atomic E-state index is 4.44. The summed E-state index contributed by atoms with van der Waals surface area (Å²) in [6, 6.07) is 8.62. The summed E-state index contributed by atoms with van der Waals surface area (Å²) in [5.74, 6) is 0. The fourth-order valence-corrected chi connectivity index (χ4v) is 2.58. The van der Waals surface area contributed by atoms with Crippen molar-refractivity contribution in [1.29, 1.82) is 0 Å². The number of hydrogen-bond donors (Lipinski definition) is 1. The monoisotopic (exact) mass is 358 g/mol. The highest BCUT2D eigenvalue weighted by Crippen LogP contribution is 2.08. The molecule has 0 radical (unpaired) electrons. The first-order chi connectivity index (χ1) is 8.24. The Morgan fingerprint density at radius 3 is 2.71 bits per heavy atom. The molecule has 0 bridgehead atoms. The predicted octanol–water partition coefficient (Wildman–Crippen LogP) is 3.39. The van der Waals surface area contributed by atoms with Crippen molar-refractivity contribution in [3.63, 3.8) is 0 Å². The lowest BCUT2D eigenvalue weighted by molar-refractivity contribution is 0.681. The molecule has 4 heteroatoms. The van der Waals surface area contributed by atoms with Crippen molar-refractivity contribution in [2.45, 2.75) is 19.9 Å². The molecule has 0 aliphatic rings. The van der Waals surface area contributed by atoms with E-state index < -0.39 is 0 Å². The Hall–Kier alpha value is -0.460. The Morgan fingerprint density at radius 2 is 2.06 bits per heavy atom. The molecule has 0 saturated heterocycles. The van der Waals surface area contributed by atoms with Crippen LogP contribution >= 0.6 is 33.9 Å². The molecular formula is C13H15IN2S. The van der Waals surface area contributed by atoms with Crippen LogP contribution in [0.5, 0.6) is 0 Å². The van der Waals surface area contributed by atoms with E-state index in [1.54, 1.807) is 11.3 Å². The van der Waals surface area contributed by atoms with Gasteiger partial charge in [0.25, 0.3) is 0 Å². The van der Waals surface area contributed by atoms with Crippen molar-refractivity contribution >= 4 is 33.9 Å². The molecule has 0 saturated carbocycles. The molecule has 0 aliphatic heterocycles. The van der Waals surface area contributed by atoms with Gasteiger partial charge in [-0.15, -0.1) is 11.3 Å². The fraction of sp³-hybridized carbons (Fsp3) is 0.308. The quantitative estimate of drug-likeness (QED) is 0.655. The molecule has 17 heavy (non-hydrogen) atoms. The van der Waals surface area contributed by atoms with Crippen molar-refractivity contribution < 1.29 is 0 Å². The van der Waals surface area contributed by atoms with Crippen molar-refractivity contribution in [2.24, 2.45) is 0 Å². The molecular weight excluding hydrogens is 343 g/mol. The summed E-state index contributed by atoms with van der Waals surface area (Å²) < 4.78 is 1.28. The van der Waals surface area contributed by atoms with Crippen LogP contribution in [0.1, 0.15) is 16.3 Å². The van der Waals surface area contributed by atoms with Crippen molar-refractivity contribution in [3.05, 3.63) is 49.5 Å². The zero-order valence-electron chi connectivity index (χ0n) is 9.74. The lowest BCUT2D eigenvalue weighted by Crippen LogP contribution is -2.16. The molecule has 2 nitrogen and oxygen atoms in total. The number of rotatable bonds is 5. The van der Waals surface area contributed by atoms with Gasteiger partial charge in [0.15, 0.2) is 0 Å². The number of aryl methyl sites for hydroxylation is 1. The van der Waals surface area contributed by atoms with Gasteiger partial charge in [0.2, 0.25) is 0 Å². The number of thiazole rings is 1. The molecule has 0 atom stereocenters. The molecule has 0 spiro atoms. The highest BCUT2D eigenvalue weighted by molar-refractivity contribution is 14.1. The molecule has 0 fully saturated rings. The molecule has 0 aliphatic carbocycles. The predicted molar refractivity (Wildman–Crippen MR) is 81.4 cm³/mol. The minimum Gasteiger partial charge on any atom is -0.312 e. The summed E-state index contributed by atoms with van der Waals surface area (Å²) in [6.07, 6.45) is 1.01. The van der Waals surface area contributed by atoms with Gasteiger partial charge in [-0.1, -0.05) is 12.1 Å². The average Bonchev–Trinajstić information content (AvgIpc) is 2.73. The van der Waals surface area contributed by atoms with Crippen LogP contribution in [0.2, 0.25) is 0 Å². The Labute approximate surface area is 120 Å². The van der Waals surface area contributed by atoms with Gasteiger partial charge in [0.05, 0.1) is 10.7 Å². The number of benzene rings is 1. The number of nitrogens with zero attached hydrogens (tertiary/aromatic N) is 1. The number of nitrogens with one attached hydrogen (secondary N) is 1. The van der Waals surface area contributed by atoms with E-state index >= 15 is 0 Å². The smallest absolute Gasteiger partial charge is 0.0897 e. The normalized spacial score (nSPS) is 10.7. The Balaban J connectivity index is 1.71. The summed E-state index contributed by atoms with van der Waals surface area (Å²) in [7, 11) is 0. The van der Waals surface area contributed by atoms with Gasteiger partial charge in [0, 0.05) is 28.5 Å². The van der Waals surface area contributed by atoms with Crippen LogP contribution in [0.3, 0.4) is 0 Å². The molecule has 1 N–H and O–H groups in total. The number of halogens is 1. The first kappa shape index (κ1) is 13.0. The van der Waals surface area contributed by atoms with Gasteiger partial charge in [-0.05, 0) is 47.2 Å². The van der Waals surface area contributed by atoms with E-state index in [9.17, 15) is 0 Å². The molecule has 0 amide bonds. The van der Waals surface area contributed by atoms with Crippen LogP contribution in [0, 0.1) is 10.5 Å². The van der Waals surface area contributed by atoms with E-state index in [2.05, 4.69) is 62.5 Å². The molecule has 1 aromatic carbocycles. The maximum atomic E-state index is 4.44. The van der Waals surface area contributed by atoms with Crippen LogP contribution in [0.25, 0.3) is 0 Å². The third-order valence-corrected chi connectivity index (χ3v) is 4.01. The van der Waals surface area contributed by atoms with E-state index in [0.717, 1.165) is 24.5 Å². The van der Waals surface area contributed by atoms with Gasteiger partial charge in [-0.2, -0.15) is 0 Å². The second kappa shape index (κ2) is 6.47. The highest BCUT2D eigenvalue weighted by atomic mass is 127. The summed E-state index contributed by atoms with van der Waals surface area (Å²) in [5.41, 5.74) is 2.53. The van der Waals surface area contributed by atoms with Gasteiger partial charge >= 0.3 is 0 Å². The Bertz CT molecular complexity index is 465. The van der Waals surface area contributed by atoms with E-state index in [0.29, 0.717) is 0 Å². The van der Waals surface area contributed by atoms with Crippen molar-refractivity contribution in [3.8, 4) is 0 Å². The van der Waals surface area contributed by atoms with Gasteiger partial charge in [-0.3, -0.25) is 0 Å². The first-order valence-corrected chi connectivity index (χ1v) is 7.56. The minimum absolute atomic E-state index is 0.931. The van der Waals surface area contributed by atoms with Crippen LogP contribution in [-0.4, -0.2) is 11.5 Å². The van der Waals surface area contributed by atoms with Crippen LogP contribution in [0.15, 0.2) is 29.6 Å². The Kier molecular flexibility index (Phi) is 4.94. The maximum Gasteiger partial charge on any atom is 0.0897 e. The minimum atomic E-state index is 0.931. The summed E-state index contributed by atoms with van der Waals surface area (Å²) in [5, 5.41) is 6.73. The molecule has 1 aromatic heterocycles. The van der Waals surface area contributed by atoms with E-state index in [1.165, 1.54) is 14.8 Å². The van der Waals surface area contributed by atoms with Crippen LogP contribution < -0.4 is 5.32 Å². The van der Waals surface area contributed by atoms with E-state index in [-0.39, 0.29) is 0 Å². The summed E-state index contributed by atoms with van der Waals surface area (Å²) in [6.45, 7) is 3.96. The van der Waals surface area contributed by atoms with Crippen molar-refractivity contribution in [1.82, 2.24) is 10.3 Å². The standard InChI is InChI=1S/C13H15IN2S/c1-10-16-13(9-17-10)6-7-15-8-11-2-4-12(14)5-3-11/h2-5,9,15H,6-8H2,1H3. The Morgan fingerprint density at radius 1 is 1.29 bits per heavy atom. The fourth-order valence-electron chi connectivity index (χ4n) is 1.57. The van der Waals surface area contributed by atoms with Gasteiger partial charge < -0.3 is 5.32 Å². The zero-order chi connectivity index (χ0) is 12.1. The lowest BCUT2D eigenvalue weighted by atomic mass is 10.2. The molecule has 90 valence electrons. The van der Waals surface area contributed by atoms with Crippen LogP contribution in [0.4, 0.5) is 0 Å². The second-order valence-electron chi connectivity index (χ2n) is 3.91. The number of hydrogen-bond acceptors (Lipinski definition) is 3. The van der Waals surface area contributed by atoms with Crippen molar-refractivity contribution in [2.75, 3.05) is 6.54 Å². The van der Waals surface area contributed by atoms with E-state index in [4.69, 9.17) is 0 Å². The third-order valence-electron chi connectivity index (χ3n) is 2.47. The zero-order valence-corrected chi connectivity index (χ0v) is 12.7. The summed E-state index contributed by atoms with van der Waals surface area (Å²) in [4.78, 5) is 4.44. The van der Waals surface area contributed by atoms with Gasteiger partial charge in [-0.25, -0.2) is 4.98 Å². The molecule has 2 rings (SSSR count).